The van der Waals surface area contributed by atoms with Gasteiger partial charge in [0.15, 0.2) is 0 Å². The van der Waals surface area contributed by atoms with Crippen LogP contribution in [0.25, 0.3) is 0 Å². The van der Waals surface area contributed by atoms with Crippen molar-refractivity contribution in [1.82, 2.24) is 5.16 Å². The van der Waals surface area contributed by atoms with Gasteiger partial charge in [-0.25, -0.2) is 0 Å². The number of carbonyl (C=O) groups is 1. The van der Waals surface area contributed by atoms with E-state index in [1.54, 1.807) is 0 Å². The third-order valence-corrected chi connectivity index (χ3v) is 5.04. The van der Waals surface area contributed by atoms with E-state index in [9.17, 15) is 13.6 Å². The summed E-state index contributed by atoms with van der Waals surface area (Å²) < 4.78 is 31.2. The molecule has 3 saturated carbocycles. The zero-order chi connectivity index (χ0) is 13.7. The molecule has 1 aromatic rings. The summed E-state index contributed by atoms with van der Waals surface area (Å²) in [5.41, 5.74) is 0.323. The molecule has 3 fully saturated rings. The number of alkyl halides is 2. The Morgan fingerprint density at radius 2 is 1.84 bits per heavy atom. The van der Waals surface area contributed by atoms with Gasteiger partial charge < -0.3 is 9.32 Å². The minimum atomic E-state index is -2.99. The summed E-state index contributed by atoms with van der Waals surface area (Å²) in [6.07, 6.45) is 6.11. The molecule has 3 aliphatic carbocycles. The highest BCUT2D eigenvalue weighted by Crippen LogP contribution is 2.56. The van der Waals surface area contributed by atoms with Crippen LogP contribution in [-0.2, 0) is 16.1 Å². The molecule has 0 amide bonds. The van der Waals surface area contributed by atoms with Crippen LogP contribution in [0.5, 0.6) is 0 Å². The maximum absolute atomic E-state index is 13.2. The van der Waals surface area contributed by atoms with E-state index >= 15 is 0 Å². The fourth-order valence-corrected chi connectivity index (χ4v) is 3.51. The Labute approximate surface area is 110 Å². The van der Waals surface area contributed by atoms with Crippen LogP contribution in [-0.4, -0.2) is 11.4 Å². The number of hydrogen-bond acceptors (Lipinski definition) is 3. The lowest BCUT2D eigenvalue weighted by atomic mass is 9.53. The number of aldehydes is 1. The van der Waals surface area contributed by atoms with Crippen LogP contribution < -0.4 is 0 Å². The van der Waals surface area contributed by atoms with E-state index in [2.05, 4.69) is 5.16 Å². The Balaban J connectivity index is 1.88. The van der Waals surface area contributed by atoms with Crippen LogP contribution in [0.15, 0.2) is 10.6 Å². The predicted molar refractivity (Wildman–Crippen MR) is 63.9 cm³/mol. The Morgan fingerprint density at radius 1 is 1.26 bits per heavy atom. The van der Waals surface area contributed by atoms with Crippen LogP contribution in [0.1, 0.15) is 56.9 Å². The normalized spacial score (nSPS) is 34.5. The first kappa shape index (κ1) is 12.8. The molecule has 0 spiro atoms. The summed E-state index contributed by atoms with van der Waals surface area (Å²) in [7, 11) is 0. The number of aromatic nitrogens is 1. The SMILES string of the molecule is CC(F)(F)c1cc(C23CCC(C=O)(CC2)CC3)no1. The predicted octanol–water partition coefficient (Wildman–Crippen LogP) is 3.58. The van der Waals surface area contributed by atoms with Gasteiger partial charge in [-0.15, -0.1) is 0 Å². The van der Waals surface area contributed by atoms with E-state index in [0.717, 1.165) is 51.7 Å². The number of halogens is 2. The molecule has 0 N–H and O–H groups in total. The molecule has 19 heavy (non-hydrogen) atoms. The van der Waals surface area contributed by atoms with E-state index in [0.29, 0.717) is 5.69 Å². The van der Waals surface area contributed by atoms with Crippen molar-refractivity contribution in [3.8, 4) is 0 Å². The molecule has 4 rings (SSSR count). The zero-order valence-electron chi connectivity index (χ0n) is 10.9. The lowest BCUT2D eigenvalue weighted by Crippen LogP contribution is -2.45. The molecule has 0 saturated heterocycles. The Kier molecular flexibility index (Phi) is 2.60. The van der Waals surface area contributed by atoms with Gasteiger partial charge in [-0.2, -0.15) is 8.78 Å². The van der Waals surface area contributed by atoms with Crippen molar-refractivity contribution in [3.63, 3.8) is 0 Å². The first-order valence-electron chi connectivity index (χ1n) is 6.71. The Hall–Kier alpha value is -1.26. The highest BCUT2D eigenvalue weighted by atomic mass is 19.3. The van der Waals surface area contributed by atoms with Crippen molar-refractivity contribution in [2.75, 3.05) is 0 Å². The molecule has 3 aliphatic rings. The topological polar surface area (TPSA) is 43.1 Å². The van der Waals surface area contributed by atoms with Gasteiger partial charge in [0.05, 0.1) is 5.69 Å². The summed E-state index contributed by atoms with van der Waals surface area (Å²) in [4.78, 5) is 11.2. The largest absolute Gasteiger partial charge is 0.355 e. The highest BCUT2D eigenvalue weighted by Gasteiger charge is 2.51. The molecule has 1 heterocycles. The van der Waals surface area contributed by atoms with Crippen molar-refractivity contribution < 1.29 is 18.1 Å². The third-order valence-electron chi connectivity index (χ3n) is 5.04. The van der Waals surface area contributed by atoms with Gasteiger partial charge in [0.2, 0.25) is 5.76 Å². The second-order valence-corrected chi connectivity index (χ2v) is 6.23. The molecule has 1 aromatic heterocycles. The minimum Gasteiger partial charge on any atom is -0.355 e. The molecule has 0 aromatic carbocycles. The second-order valence-electron chi connectivity index (χ2n) is 6.23. The number of fused-ring (bicyclic) bond motifs is 3. The number of carbonyl (C=O) groups excluding carboxylic acids is 1. The van der Waals surface area contributed by atoms with Gasteiger partial charge in [0, 0.05) is 23.8 Å². The molecule has 0 radical (unpaired) electrons. The molecule has 0 atom stereocenters. The van der Waals surface area contributed by atoms with Crippen molar-refractivity contribution >= 4 is 6.29 Å². The van der Waals surface area contributed by atoms with Gasteiger partial charge in [0.1, 0.15) is 6.29 Å². The van der Waals surface area contributed by atoms with Crippen LogP contribution in [0, 0.1) is 5.41 Å². The van der Waals surface area contributed by atoms with Gasteiger partial charge in [-0.05, 0) is 38.5 Å². The van der Waals surface area contributed by atoms with E-state index < -0.39 is 5.92 Å². The number of rotatable bonds is 3. The summed E-state index contributed by atoms with van der Waals surface area (Å²) >= 11 is 0. The van der Waals surface area contributed by atoms with Gasteiger partial charge in [0.25, 0.3) is 0 Å². The maximum atomic E-state index is 13.2. The van der Waals surface area contributed by atoms with Crippen LogP contribution in [0.2, 0.25) is 0 Å². The molecule has 3 nitrogen and oxygen atoms in total. The van der Waals surface area contributed by atoms with Crippen molar-refractivity contribution in [3.05, 3.63) is 17.5 Å². The molecular formula is C14H17F2NO2. The van der Waals surface area contributed by atoms with E-state index in [1.807, 2.05) is 0 Å². The lowest BCUT2D eigenvalue weighted by molar-refractivity contribution is -0.122. The van der Waals surface area contributed by atoms with E-state index in [4.69, 9.17) is 4.52 Å². The van der Waals surface area contributed by atoms with E-state index in [-0.39, 0.29) is 16.6 Å². The quantitative estimate of drug-likeness (QED) is 0.788. The molecule has 5 heteroatoms. The van der Waals surface area contributed by atoms with Gasteiger partial charge in [-0.3, -0.25) is 0 Å². The van der Waals surface area contributed by atoms with Gasteiger partial charge in [-0.1, -0.05) is 5.16 Å². The lowest BCUT2D eigenvalue weighted by Gasteiger charge is -2.50. The second kappa shape index (κ2) is 3.87. The number of hydrogen-bond donors (Lipinski definition) is 0. The summed E-state index contributed by atoms with van der Waals surface area (Å²) in [5.74, 6) is -3.35. The average molecular weight is 269 g/mol. The standard InChI is InChI=1S/C14H17F2NO2/c1-12(15,16)11-8-10(17-19-11)14-5-2-13(9-18,3-6-14)4-7-14/h8-9H,2-7H2,1H3. The first-order chi connectivity index (χ1) is 8.89. The third kappa shape index (κ3) is 1.90. The Bertz CT molecular complexity index is 479. The minimum absolute atomic E-state index is 0.155. The van der Waals surface area contributed by atoms with Crippen LogP contribution in [0.3, 0.4) is 0 Å². The fourth-order valence-electron chi connectivity index (χ4n) is 3.51. The zero-order valence-corrected chi connectivity index (χ0v) is 10.9. The fraction of sp³-hybridized carbons (Fsp3) is 0.714. The highest BCUT2D eigenvalue weighted by molar-refractivity contribution is 5.60. The summed E-state index contributed by atoms with van der Waals surface area (Å²) in [6.45, 7) is 0.814. The molecule has 104 valence electrons. The van der Waals surface area contributed by atoms with Crippen molar-refractivity contribution in [2.45, 2.75) is 56.8 Å². The maximum Gasteiger partial charge on any atom is 0.304 e. The summed E-state index contributed by atoms with van der Waals surface area (Å²) in [6, 6.07) is 1.40. The molecule has 0 aliphatic heterocycles. The Morgan fingerprint density at radius 3 is 2.26 bits per heavy atom. The van der Waals surface area contributed by atoms with Crippen molar-refractivity contribution in [1.29, 1.82) is 0 Å². The van der Waals surface area contributed by atoms with E-state index in [1.165, 1.54) is 6.07 Å². The monoisotopic (exact) mass is 269 g/mol. The van der Waals surface area contributed by atoms with Crippen LogP contribution in [0.4, 0.5) is 8.78 Å². The smallest absolute Gasteiger partial charge is 0.304 e. The molecule has 2 bridgehead atoms. The number of nitrogens with zero attached hydrogens (tertiary/aromatic N) is 1. The van der Waals surface area contributed by atoms with Crippen LogP contribution >= 0.6 is 0 Å². The average Bonchev–Trinajstić information content (AvgIpc) is 2.91. The summed E-state index contributed by atoms with van der Waals surface area (Å²) in [5, 5.41) is 3.88. The van der Waals surface area contributed by atoms with Gasteiger partial charge >= 0.3 is 5.92 Å². The molecule has 0 unspecified atom stereocenters. The first-order valence-corrected chi connectivity index (χ1v) is 6.71. The van der Waals surface area contributed by atoms with Crippen molar-refractivity contribution in [2.24, 2.45) is 5.41 Å². The molecular weight excluding hydrogens is 252 g/mol.